The van der Waals surface area contributed by atoms with Gasteiger partial charge < -0.3 is 10.0 Å². The summed E-state index contributed by atoms with van der Waals surface area (Å²) in [6, 6.07) is 3.60. The number of hydrogen-bond donors (Lipinski definition) is 2. The lowest BCUT2D eigenvalue weighted by molar-refractivity contribution is -0.141. The van der Waals surface area contributed by atoms with E-state index in [1.165, 1.54) is 25.2 Å². The van der Waals surface area contributed by atoms with Crippen LogP contribution in [-0.2, 0) is 19.9 Å². The van der Waals surface area contributed by atoms with Crippen molar-refractivity contribution in [1.29, 1.82) is 0 Å². The summed E-state index contributed by atoms with van der Waals surface area (Å²) < 4.78 is 0. The van der Waals surface area contributed by atoms with Gasteiger partial charge in [-0.3, -0.25) is 24.6 Å². The molecule has 1 aromatic rings. The fraction of sp³-hybridized carbons (Fsp3) is 0.231. The van der Waals surface area contributed by atoms with Crippen molar-refractivity contribution in [3.8, 4) is 0 Å². The van der Waals surface area contributed by atoms with Gasteiger partial charge in [-0.25, -0.2) is 4.79 Å². The summed E-state index contributed by atoms with van der Waals surface area (Å²) in [4.78, 5) is 49.8. The van der Waals surface area contributed by atoms with Gasteiger partial charge in [0.2, 0.25) is 5.54 Å². The second kappa shape index (κ2) is 4.44. The van der Waals surface area contributed by atoms with Gasteiger partial charge in [-0.15, -0.1) is 0 Å². The van der Waals surface area contributed by atoms with Crippen LogP contribution in [0, 0.1) is 0 Å². The van der Waals surface area contributed by atoms with Crippen LogP contribution < -0.4 is 10.2 Å². The number of nitrogens with one attached hydrogen (secondary N) is 1. The zero-order valence-corrected chi connectivity index (χ0v) is 12.0. The third-order valence-electron chi connectivity index (χ3n) is 3.84. The molecule has 1 fully saturated rings. The molecule has 114 valence electrons. The summed E-state index contributed by atoms with van der Waals surface area (Å²) in [5.41, 5.74) is -1.47. The van der Waals surface area contributed by atoms with Crippen molar-refractivity contribution in [2.45, 2.75) is 5.54 Å². The zero-order valence-electron chi connectivity index (χ0n) is 11.3. The molecule has 0 bridgehead atoms. The number of aliphatic carboxylic acids is 1. The van der Waals surface area contributed by atoms with Crippen LogP contribution in [0.1, 0.15) is 5.56 Å². The molecule has 1 unspecified atom stereocenters. The first-order valence-electron chi connectivity index (χ1n) is 6.23. The van der Waals surface area contributed by atoms with Gasteiger partial charge >= 0.3 is 12.0 Å². The molecule has 9 heteroatoms. The number of imide groups is 1. The molecule has 4 amide bonds. The number of rotatable bonds is 2. The predicted molar refractivity (Wildman–Crippen MR) is 74.4 cm³/mol. The maximum Gasteiger partial charge on any atom is 0.325 e. The second-order valence-corrected chi connectivity index (χ2v) is 5.41. The molecule has 3 rings (SSSR count). The van der Waals surface area contributed by atoms with Crippen LogP contribution >= 0.6 is 11.6 Å². The molecule has 0 radical (unpaired) electrons. The van der Waals surface area contributed by atoms with E-state index >= 15 is 0 Å². The van der Waals surface area contributed by atoms with Crippen LogP contribution in [0.4, 0.5) is 10.5 Å². The Morgan fingerprint density at radius 3 is 2.59 bits per heavy atom. The maximum atomic E-state index is 12.8. The molecular weight excluding hydrogens is 314 g/mol. The van der Waals surface area contributed by atoms with Crippen LogP contribution in [0.25, 0.3) is 0 Å². The van der Waals surface area contributed by atoms with Crippen LogP contribution in [-0.4, -0.2) is 47.4 Å². The highest BCUT2D eigenvalue weighted by atomic mass is 35.5. The molecule has 2 N–H and O–H groups in total. The Kier molecular flexibility index (Phi) is 2.89. The highest BCUT2D eigenvalue weighted by Gasteiger charge is 2.64. The first kappa shape index (κ1) is 14.3. The Hall–Kier alpha value is -2.61. The number of carbonyl (C=O) groups is 4. The second-order valence-electron chi connectivity index (χ2n) is 4.98. The van der Waals surface area contributed by atoms with Gasteiger partial charge in [0.15, 0.2) is 0 Å². The summed E-state index contributed by atoms with van der Waals surface area (Å²) in [6.45, 7) is -0.621. The lowest BCUT2D eigenvalue weighted by Gasteiger charge is -2.27. The molecular formula is C13H10ClN3O5. The molecule has 0 saturated carbocycles. The Morgan fingerprint density at radius 2 is 2.05 bits per heavy atom. The Morgan fingerprint density at radius 1 is 1.36 bits per heavy atom. The molecule has 1 spiro atoms. The summed E-state index contributed by atoms with van der Waals surface area (Å²) in [6.07, 6.45) is 0. The number of carbonyl (C=O) groups excluding carboxylic acids is 3. The van der Waals surface area contributed by atoms with Crippen molar-refractivity contribution in [2.75, 3.05) is 18.5 Å². The molecule has 1 saturated heterocycles. The zero-order chi connectivity index (χ0) is 16.2. The highest BCUT2D eigenvalue weighted by molar-refractivity contribution is 6.32. The Bertz CT molecular complexity index is 749. The number of benzene rings is 1. The van der Waals surface area contributed by atoms with E-state index < -0.39 is 35.9 Å². The molecule has 1 aromatic carbocycles. The number of fused-ring (bicyclic) bond motifs is 2. The number of amides is 4. The summed E-state index contributed by atoms with van der Waals surface area (Å²) in [5.74, 6) is -2.85. The van der Waals surface area contributed by atoms with Crippen molar-refractivity contribution in [1.82, 2.24) is 10.2 Å². The van der Waals surface area contributed by atoms with Crippen LogP contribution in [0.2, 0.25) is 5.02 Å². The predicted octanol–water partition coefficient (Wildman–Crippen LogP) is 0.148. The topological polar surface area (TPSA) is 107 Å². The highest BCUT2D eigenvalue weighted by Crippen LogP contribution is 2.46. The molecule has 2 aliphatic heterocycles. The molecule has 8 nitrogen and oxygen atoms in total. The van der Waals surface area contributed by atoms with E-state index in [2.05, 4.69) is 5.32 Å². The minimum absolute atomic E-state index is 0.192. The number of carboxylic acid groups (broad SMARTS) is 1. The number of nitrogens with zero attached hydrogens (tertiary/aromatic N) is 2. The van der Waals surface area contributed by atoms with Gasteiger partial charge in [0, 0.05) is 17.6 Å². The van der Waals surface area contributed by atoms with Crippen molar-refractivity contribution in [3.63, 3.8) is 0 Å². The molecule has 0 aliphatic carbocycles. The fourth-order valence-electron chi connectivity index (χ4n) is 2.87. The molecule has 0 aromatic heterocycles. The number of hydrogen-bond acceptors (Lipinski definition) is 4. The van der Waals surface area contributed by atoms with Crippen molar-refractivity contribution < 1.29 is 24.3 Å². The third-order valence-corrected chi connectivity index (χ3v) is 4.08. The van der Waals surface area contributed by atoms with E-state index in [-0.39, 0.29) is 16.3 Å². The van der Waals surface area contributed by atoms with E-state index in [4.69, 9.17) is 16.7 Å². The summed E-state index contributed by atoms with van der Waals surface area (Å²) in [7, 11) is 1.30. The van der Waals surface area contributed by atoms with Gasteiger partial charge in [-0.1, -0.05) is 11.6 Å². The van der Waals surface area contributed by atoms with Crippen LogP contribution in [0.5, 0.6) is 0 Å². The quantitative estimate of drug-likeness (QED) is 0.595. The lowest BCUT2D eigenvalue weighted by Crippen LogP contribution is -2.53. The van der Waals surface area contributed by atoms with E-state index in [9.17, 15) is 19.2 Å². The van der Waals surface area contributed by atoms with E-state index in [0.29, 0.717) is 0 Å². The lowest BCUT2D eigenvalue weighted by atomic mass is 9.90. The van der Waals surface area contributed by atoms with E-state index in [1.807, 2.05) is 0 Å². The molecule has 1 atom stereocenters. The summed E-state index contributed by atoms with van der Waals surface area (Å²) in [5, 5.41) is 11.3. The molecule has 22 heavy (non-hydrogen) atoms. The van der Waals surface area contributed by atoms with E-state index in [0.717, 1.165) is 9.80 Å². The first-order chi connectivity index (χ1) is 10.3. The minimum Gasteiger partial charge on any atom is -0.480 e. The maximum absolute atomic E-state index is 12.8. The summed E-state index contributed by atoms with van der Waals surface area (Å²) >= 11 is 5.94. The monoisotopic (exact) mass is 323 g/mol. The number of halogens is 1. The number of likely N-dealkylation sites (N-methyl/N-ethyl adjacent to an activating group) is 1. The van der Waals surface area contributed by atoms with Gasteiger partial charge in [0.25, 0.3) is 11.8 Å². The average Bonchev–Trinajstić information content (AvgIpc) is 2.80. The fourth-order valence-corrected chi connectivity index (χ4v) is 3.04. The van der Waals surface area contributed by atoms with Crippen molar-refractivity contribution >= 4 is 41.1 Å². The Labute approximate surface area is 129 Å². The van der Waals surface area contributed by atoms with Gasteiger partial charge in [0.05, 0.1) is 5.69 Å². The normalized spacial score (nSPS) is 23.3. The number of urea groups is 1. The SMILES string of the molecule is CN1C(=O)NC(=O)C12C(=O)N(CC(=O)O)c1ccc(Cl)cc12. The van der Waals surface area contributed by atoms with Crippen molar-refractivity contribution in [3.05, 3.63) is 28.8 Å². The molecule has 2 heterocycles. The number of anilines is 1. The van der Waals surface area contributed by atoms with Gasteiger partial charge in [-0.05, 0) is 18.2 Å². The number of carboxylic acids is 1. The van der Waals surface area contributed by atoms with Crippen molar-refractivity contribution in [2.24, 2.45) is 0 Å². The van der Waals surface area contributed by atoms with Crippen LogP contribution in [0.3, 0.4) is 0 Å². The average molecular weight is 324 g/mol. The van der Waals surface area contributed by atoms with Crippen LogP contribution in [0.15, 0.2) is 18.2 Å². The largest absolute Gasteiger partial charge is 0.480 e. The standard InChI is InChI=1S/C13H10ClN3O5/c1-16-12(22)15-10(20)13(16)7-4-6(14)2-3-8(7)17(11(13)21)5-9(18)19/h2-4H,5H2,1H3,(H,18,19)(H,15,20,22). The van der Waals surface area contributed by atoms with Gasteiger partial charge in [-0.2, -0.15) is 0 Å². The van der Waals surface area contributed by atoms with E-state index in [1.54, 1.807) is 0 Å². The minimum atomic E-state index is -1.91. The Balaban J connectivity index is 2.27. The molecule has 2 aliphatic rings. The third kappa shape index (κ3) is 1.58. The smallest absolute Gasteiger partial charge is 0.325 e. The first-order valence-corrected chi connectivity index (χ1v) is 6.61. The van der Waals surface area contributed by atoms with Gasteiger partial charge in [0.1, 0.15) is 6.54 Å².